The average Bonchev–Trinajstić information content (AvgIpc) is 1.38. The van der Waals surface area contributed by atoms with Crippen LogP contribution >= 0.6 is 0 Å². The average molecular weight is 158 g/mol. The summed E-state index contributed by atoms with van der Waals surface area (Å²) in [5, 5.41) is 0. The molecule has 0 saturated carbocycles. The van der Waals surface area contributed by atoms with E-state index in [-0.39, 0.29) is 32.7 Å². The van der Waals surface area contributed by atoms with Gasteiger partial charge in [0.2, 0.25) is 0 Å². The van der Waals surface area contributed by atoms with Gasteiger partial charge in [-0.15, -0.1) is 13.8 Å². The van der Waals surface area contributed by atoms with E-state index < -0.39 is 0 Å². The maximum Gasteiger partial charge on any atom is 0 e. The molecule has 0 fully saturated rings. The van der Waals surface area contributed by atoms with Crippen LogP contribution in [0.2, 0.25) is 0 Å². The first-order valence-electron chi connectivity index (χ1n) is 1.70. The molecular formula is C5H9Y-. The Kier molecular flexibility index (Phi) is 9.39. The van der Waals surface area contributed by atoms with Crippen LogP contribution in [0, 0.1) is 5.92 Å². The Balaban J connectivity index is 0. The molecule has 0 spiro atoms. The van der Waals surface area contributed by atoms with Gasteiger partial charge in [0.1, 0.15) is 0 Å². The summed E-state index contributed by atoms with van der Waals surface area (Å²) in [6.45, 7) is 7.56. The largest absolute Gasteiger partial charge is 0.245 e. The Morgan fingerprint density at radius 1 is 1.50 bits per heavy atom. The third kappa shape index (κ3) is 8.83. The van der Waals surface area contributed by atoms with E-state index in [4.69, 9.17) is 0 Å². The number of hydrogen-bond donors (Lipinski definition) is 0. The van der Waals surface area contributed by atoms with Gasteiger partial charge in [0.25, 0.3) is 0 Å². The fraction of sp³-hybridized carbons (Fsp3) is 0.400. The van der Waals surface area contributed by atoms with Gasteiger partial charge in [0, 0.05) is 32.7 Å². The quantitative estimate of drug-likeness (QED) is 0.510. The number of allylic oxidation sites excluding steroid dienone is 1. The second kappa shape index (κ2) is 5.71. The molecule has 6 heavy (non-hydrogen) atoms. The maximum absolute atomic E-state index is 3.52. The predicted molar refractivity (Wildman–Crippen MR) is 24.8 cm³/mol. The first-order chi connectivity index (χ1) is 2.27. The molecule has 0 unspecified atom stereocenters. The Bertz CT molecular complexity index is 30.9. The van der Waals surface area contributed by atoms with Crippen molar-refractivity contribution in [3.63, 3.8) is 0 Å². The van der Waals surface area contributed by atoms with Crippen LogP contribution in [0.4, 0.5) is 0 Å². The zero-order valence-corrected chi connectivity index (χ0v) is 7.20. The predicted octanol–water partition coefficient (Wildman–Crippen LogP) is 1.78. The van der Waals surface area contributed by atoms with Gasteiger partial charge in [-0.05, 0) is 0 Å². The summed E-state index contributed by atoms with van der Waals surface area (Å²) in [5.74, 6) is 1.27. The summed E-state index contributed by atoms with van der Waals surface area (Å²) in [6.07, 6.45) is 1.83. The van der Waals surface area contributed by atoms with Crippen molar-refractivity contribution in [2.24, 2.45) is 0 Å². The Labute approximate surface area is 64.9 Å². The minimum absolute atomic E-state index is 0. The molecule has 0 saturated heterocycles. The van der Waals surface area contributed by atoms with Crippen LogP contribution in [0.1, 0.15) is 13.8 Å². The summed E-state index contributed by atoms with van der Waals surface area (Å²) in [4.78, 5) is 0. The van der Waals surface area contributed by atoms with E-state index in [0.29, 0.717) is 0 Å². The summed E-state index contributed by atoms with van der Waals surface area (Å²) >= 11 is 0. The van der Waals surface area contributed by atoms with E-state index in [2.05, 4.69) is 6.58 Å². The molecular weight excluding hydrogens is 149 g/mol. The van der Waals surface area contributed by atoms with Crippen molar-refractivity contribution >= 4 is 0 Å². The molecule has 0 bridgehead atoms. The molecule has 0 atom stereocenters. The van der Waals surface area contributed by atoms with E-state index in [9.17, 15) is 0 Å². The monoisotopic (exact) mass is 158 g/mol. The van der Waals surface area contributed by atoms with Gasteiger partial charge in [-0.25, -0.2) is 18.6 Å². The molecule has 0 nitrogen and oxygen atoms in total. The third-order valence-electron chi connectivity index (χ3n) is 0.408. The van der Waals surface area contributed by atoms with Crippen LogP contribution in [0.25, 0.3) is 0 Å². The van der Waals surface area contributed by atoms with Crippen LogP contribution in [-0.2, 0) is 32.7 Å². The van der Waals surface area contributed by atoms with Crippen LogP contribution in [0.3, 0.4) is 0 Å². The van der Waals surface area contributed by atoms with Gasteiger partial charge in [-0.1, -0.05) is 0 Å². The molecule has 0 aromatic heterocycles. The van der Waals surface area contributed by atoms with E-state index in [0.717, 1.165) is 0 Å². The second-order valence-electron chi connectivity index (χ2n) is 1.28. The summed E-state index contributed by atoms with van der Waals surface area (Å²) in [5.41, 5.74) is 0. The molecule has 0 aromatic carbocycles. The van der Waals surface area contributed by atoms with Gasteiger partial charge >= 0.3 is 0 Å². The molecule has 0 rings (SSSR count). The van der Waals surface area contributed by atoms with Crippen molar-refractivity contribution in [3.05, 3.63) is 18.6 Å². The minimum Gasteiger partial charge on any atom is -0.245 e. The fourth-order valence-corrected chi connectivity index (χ4v) is 0. The van der Waals surface area contributed by atoms with Crippen molar-refractivity contribution in [2.45, 2.75) is 13.8 Å². The maximum atomic E-state index is 3.52. The topological polar surface area (TPSA) is 0 Å². The van der Waals surface area contributed by atoms with E-state index in [1.165, 1.54) is 5.92 Å². The molecule has 0 N–H and O–H groups in total. The third-order valence-corrected chi connectivity index (χ3v) is 0.408. The molecule has 33 valence electrons. The van der Waals surface area contributed by atoms with Gasteiger partial charge in [-0.3, -0.25) is 0 Å². The fourth-order valence-electron chi connectivity index (χ4n) is 0. The summed E-state index contributed by atoms with van der Waals surface area (Å²) < 4.78 is 0. The van der Waals surface area contributed by atoms with Crippen LogP contribution in [0.5, 0.6) is 0 Å². The van der Waals surface area contributed by atoms with Crippen molar-refractivity contribution in [1.29, 1.82) is 0 Å². The van der Waals surface area contributed by atoms with Gasteiger partial charge in [0.15, 0.2) is 0 Å². The SMILES string of the molecule is C=C[C-](C)C.[Y]. The molecule has 0 amide bonds. The first-order valence-corrected chi connectivity index (χ1v) is 1.70. The Hall–Kier alpha value is 0.714. The molecule has 0 aliphatic carbocycles. The Morgan fingerprint density at radius 2 is 1.67 bits per heavy atom. The number of hydrogen-bond acceptors (Lipinski definition) is 0. The van der Waals surface area contributed by atoms with Crippen LogP contribution in [0.15, 0.2) is 12.7 Å². The normalized spacial score (nSPS) is 5.67. The zero-order valence-electron chi connectivity index (χ0n) is 4.36. The Morgan fingerprint density at radius 3 is 1.67 bits per heavy atom. The molecule has 0 aliphatic rings. The molecule has 0 heterocycles. The first kappa shape index (κ1) is 9.86. The molecule has 0 aliphatic heterocycles. The van der Waals surface area contributed by atoms with Gasteiger partial charge in [0.05, 0.1) is 0 Å². The summed E-state index contributed by atoms with van der Waals surface area (Å²) in [6, 6.07) is 0. The van der Waals surface area contributed by atoms with Crippen molar-refractivity contribution in [3.8, 4) is 0 Å². The molecule has 1 heteroatoms. The standard InChI is InChI=1S/C5H9.Y/c1-4-5(2)3;/h4H,1H2,2-3H3;/q-1;. The van der Waals surface area contributed by atoms with Crippen molar-refractivity contribution < 1.29 is 32.7 Å². The van der Waals surface area contributed by atoms with Gasteiger partial charge < -0.3 is 0 Å². The molecule has 0 aromatic rings. The van der Waals surface area contributed by atoms with E-state index >= 15 is 0 Å². The van der Waals surface area contributed by atoms with Crippen molar-refractivity contribution in [1.82, 2.24) is 0 Å². The van der Waals surface area contributed by atoms with Crippen molar-refractivity contribution in [2.75, 3.05) is 0 Å². The summed E-state index contributed by atoms with van der Waals surface area (Å²) in [7, 11) is 0. The van der Waals surface area contributed by atoms with Gasteiger partial charge in [-0.2, -0.15) is 0 Å². The second-order valence-corrected chi connectivity index (χ2v) is 1.28. The number of rotatable bonds is 1. The molecule has 1 radical (unpaired) electrons. The smallest absolute Gasteiger partial charge is 0 e. The zero-order chi connectivity index (χ0) is 4.28. The van der Waals surface area contributed by atoms with E-state index in [1.54, 1.807) is 0 Å². The minimum atomic E-state index is 0. The van der Waals surface area contributed by atoms with E-state index in [1.807, 2.05) is 19.9 Å². The van der Waals surface area contributed by atoms with Crippen LogP contribution < -0.4 is 0 Å². The van der Waals surface area contributed by atoms with Crippen LogP contribution in [-0.4, -0.2) is 0 Å².